The van der Waals surface area contributed by atoms with Gasteiger partial charge in [-0.15, -0.1) is 13.2 Å². The molecule has 2 unspecified atom stereocenters. The Morgan fingerprint density at radius 1 is 1.04 bits per heavy atom. The highest BCUT2D eigenvalue weighted by Crippen LogP contribution is 2.47. The number of alkyl halides is 3. The summed E-state index contributed by atoms with van der Waals surface area (Å²) in [6.45, 7) is 0. The summed E-state index contributed by atoms with van der Waals surface area (Å²) in [7, 11) is 0. The van der Waals surface area contributed by atoms with E-state index in [9.17, 15) is 22.8 Å². The molecular weight excluding hydrogens is 351 g/mol. The van der Waals surface area contributed by atoms with E-state index in [4.69, 9.17) is 0 Å². The molecule has 136 valence electrons. The summed E-state index contributed by atoms with van der Waals surface area (Å²) in [6.07, 6.45) is -1.27. The van der Waals surface area contributed by atoms with Crippen molar-refractivity contribution in [1.29, 1.82) is 0 Å². The number of rotatable bonds is 4. The van der Waals surface area contributed by atoms with E-state index in [1.165, 1.54) is 48.8 Å². The molecule has 2 amide bonds. The first-order valence-corrected chi connectivity index (χ1v) is 7.69. The molecule has 1 aromatic carbocycles. The van der Waals surface area contributed by atoms with Crippen molar-refractivity contribution in [1.82, 2.24) is 15.8 Å². The van der Waals surface area contributed by atoms with Gasteiger partial charge in [0.05, 0.1) is 0 Å². The lowest BCUT2D eigenvalue weighted by Gasteiger charge is -2.09. The molecule has 1 aliphatic rings. The smallest absolute Gasteiger partial charge is 0.406 e. The van der Waals surface area contributed by atoms with Crippen LogP contribution in [0.15, 0.2) is 48.8 Å². The van der Waals surface area contributed by atoms with E-state index in [1.54, 1.807) is 0 Å². The number of nitrogens with one attached hydrogen (secondary N) is 2. The number of ether oxygens (including phenoxy) is 1. The van der Waals surface area contributed by atoms with Gasteiger partial charge in [0.2, 0.25) is 5.91 Å². The number of carbonyl (C=O) groups is 2. The van der Waals surface area contributed by atoms with Crippen LogP contribution in [0.2, 0.25) is 0 Å². The molecular formula is C17H14F3N3O3. The number of amides is 2. The summed E-state index contributed by atoms with van der Waals surface area (Å²) < 4.78 is 40.2. The van der Waals surface area contributed by atoms with Crippen LogP contribution in [0, 0.1) is 5.92 Å². The first-order valence-electron chi connectivity index (χ1n) is 7.69. The molecule has 1 heterocycles. The van der Waals surface area contributed by atoms with Crippen molar-refractivity contribution in [3.05, 3.63) is 59.9 Å². The number of carbonyl (C=O) groups excluding carboxylic acids is 2. The summed E-state index contributed by atoms with van der Waals surface area (Å²) in [5, 5.41) is 0. The molecule has 1 fully saturated rings. The van der Waals surface area contributed by atoms with Gasteiger partial charge in [0.1, 0.15) is 5.75 Å². The first kappa shape index (κ1) is 17.7. The number of benzene rings is 1. The Morgan fingerprint density at radius 2 is 1.69 bits per heavy atom. The molecule has 1 aliphatic carbocycles. The maximum Gasteiger partial charge on any atom is 0.573 e. The highest BCUT2D eigenvalue weighted by molar-refractivity contribution is 5.95. The van der Waals surface area contributed by atoms with Crippen molar-refractivity contribution in [2.45, 2.75) is 18.7 Å². The fourth-order valence-electron chi connectivity index (χ4n) is 2.56. The molecule has 2 aromatic rings. The predicted molar refractivity (Wildman–Crippen MR) is 83.8 cm³/mol. The molecule has 26 heavy (non-hydrogen) atoms. The molecule has 1 saturated carbocycles. The van der Waals surface area contributed by atoms with E-state index in [-0.39, 0.29) is 23.5 Å². The quantitative estimate of drug-likeness (QED) is 0.816. The summed E-state index contributed by atoms with van der Waals surface area (Å²) in [5.74, 6) is -1.58. The van der Waals surface area contributed by atoms with Gasteiger partial charge in [0.25, 0.3) is 5.91 Å². The monoisotopic (exact) mass is 365 g/mol. The average molecular weight is 365 g/mol. The van der Waals surface area contributed by atoms with Crippen LogP contribution in [0.1, 0.15) is 28.3 Å². The molecule has 2 atom stereocenters. The molecule has 0 spiro atoms. The Morgan fingerprint density at radius 3 is 2.31 bits per heavy atom. The van der Waals surface area contributed by atoms with Gasteiger partial charge in [-0.2, -0.15) is 0 Å². The molecule has 0 aliphatic heterocycles. The van der Waals surface area contributed by atoms with Crippen LogP contribution < -0.4 is 15.6 Å². The maximum atomic E-state index is 12.1. The minimum Gasteiger partial charge on any atom is -0.406 e. The highest BCUT2D eigenvalue weighted by Gasteiger charge is 2.44. The van der Waals surface area contributed by atoms with E-state index in [1.807, 2.05) is 0 Å². The van der Waals surface area contributed by atoms with Crippen LogP contribution in [-0.4, -0.2) is 23.2 Å². The number of pyridine rings is 1. The van der Waals surface area contributed by atoms with Crippen LogP contribution in [0.25, 0.3) is 0 Å². The zero-order valence-electron chi connectivity index (χ0n) is 13.3. The Labute approximate surface area is 146 Å². The minimum absolute atomic E-state index is 0.104. The molecule has 2 N–H and O–H groups in total. The van der Waals surface area contributed by atoms with Crippen molar-refractivity contribution in [2.24, 2.45) is 5.92 Å². The number of nitrogens with zero attached hydrogens (tertiary/aromatic N) is 1. The maximum absolute atomic E-state index is 12.1. The first-order chi connectivity index (χ1) is 12.3. The topological polar surface area (TPSA) is 80.3 Å². The second-order valence-corrected chi connectivity index (χ2v) is 5.74. The van der Waals surface area contributed by atoms with Gasteiger partial charge < -0.3 is 4.74 Å². The van der Waals surface area contributed by atoms with Gasteiger partial charge in [0.15, 0.2) is 0 Å². The largest absolute Gasteiger partial charge is 0.573 e. The van der Waals surface area contributed by atoms with Crippen LogP contribution in [0.4, 0.5) is 13.2 Å². The van der Waals surface area contributed by atoms with Crippen LogP contribution >= 0.6 is 0 Å². The van der Waals surface area contributed by atoms with Gasteiger partial charge >= 0.3 is 6.36 Å². The standard InChI is InChI=1S/C17H14F3N3O3/c18-17(19,20)26-12-3-1-10(2-4-12)13-9-14(13)16(25)23-22-15(24)11-5-7-21-8-6-11/h1-8,13-14H,9H2,(H,22,24)(H,23,25). The van der Waals surface area contributed by atoms with Crippen LogP contribution in [-0.2, 0) is 4.79 Å². The third kappa shape index (κ3) is 4.50. The SMILES string of the molecule is O=C(NNC(=O)C1CC1c1ccc(OC(F)(F)F)cc1)c1ccncc1. The second-order valence-electron chi connectivity index (χ2n) is 5.74. The molecule has 0 radical (unpaired) electrons. The number of hydrazine groups is 1. The molecule has 0 saturated heterocycles. The summed E-state index contributed by atoms with van der Waals surface area (Å²) in [6, 6.07) is 8.42. The zero-order chi connectivity index (χ0) is 18.7. The van der Waals surface area contributed by atoms with E-state index in [2.05, 4.69) is 20.6 Å². The van der Waals surface area contributed by atoms with Gasteiger partial charge in [-0.1, -0.05) is 12.1 Å². The predicted octanol–water partition coefficient (Wildman–Crippen LogP) is 2.54. The zero-order valence-corrected chi connectivity index (χ0v) is 13.3. The van der Waals surface area contributed by atoms with Crippen molar-refractivity contribution < 1.29 is 27.5 Å². The number of halogens is 3. The summed E-state index contributed by atoms with van der Waals surface area (Å²) in [5.41, 5.74) is 5.76. The van der Waals surface area contributed by atoms with E-state index < -0.39 is 12.3 Å². The Hall–Kier alpha value is -3.10. The van der Waals surface area contributed by atoms with Crippen molar-refractivity contribution >= 4 is 11.8 Å². The fourth-order valence-corrected chi connectivity index (χ4v) is 2.56. The van der Waals surface area contributed by atoms with Crippen LogP contribution in [0.5, 0.6) is 5.75 Å². The normalized spacial score (nSPS) is 18.7. The highest BCUT2D eigenvalue weighted by atomic mass is 19.4. The van der Waals surface area contributed by atoms with E-state index in [0.717, 1.165) is 5.56 Å². The summed E-state index contributed by atoms with van der Waals surface area (Å²) in [4.78, 5) is 27.7. The molecule has 3 rings (SSSR count). The Kier molecular flexibility index (Phi) is 4.79. The van der Waals surface area contributed by atoms with E-state index >= 15 is 0 Å². The number of hydrogen-bond donors (Lipinski definition) is 2. The second kappa shape index (κ2) is 7.03. The Bertz CT molecular complexity index is 794. The molecule has 0 bridgehead atoms. The lowest BCUT2D eigenvalue weighted by atomic mass is 10.1. The van der Waals surface area contributed by atoms with E-state index in [0.29, 0.717) is 12.0 Å². The van der Waals surface area contributed by atoms with Gasteiger partial charge in [-0.25, -0.2) is 0 Å². The summed E-state index contributed by atoms with van der Waals surface area (Å²) >= 11 is 0. The Balaban J connectivity index is 1.50. The van der Waals surface area contributed by atoms with Gasteiger partial charge in [-0.3, -0.25) is 25.4 Å². The average Bonchev–Trinajstić information content (AvgIpc) is 3.40. The third-order valence-corrected chi connectivity index (χ3v) is 3.91. The van der Waals surface area contributed by atoms with Gasteiger partial charge in [0, 0.05) is 23.9 Å². The van der Waals surface area contributed by atoms with Crippen LogP contribution in [0.3, 0.4) is 0 Å². The molecule has 6 nitrogen and oxygen atoms in total. The lowest BCUT2D eigenvalue weighted by Crippen LogP contribution is -2.42. The molecule has 1 aromatic heterocycles. The minimum atomic E-state index is -4.74. The third-order valence-electron chi connectivity index (χ3n) is 3.91. The van der Waals surface area contributed by atoms with Crippen molar-refractivity contribution in [2.75, 3.05) is 0 Å². The fraction of sp³-hybridized carbons (Fsp3) is 0.235. The number of aromatic nitrogens is 1. The number of hydrogen-bond acceptors (Lipinski definition) is 4. The van der Waals surface area contributed by atoms with Crippen molar-refractivity contribution in [3.8, 4) is 5.75 Å². The molecule has 9 heteroatoms. The van der Waals surface area contributed by atoms with Crippen molar-refractivity contribution in [3.63, 3.8) is 0 Å². The lowest BCUT2D eigenvalue weighted by molar-refractivity contribution is -0.274. The van der Waals surface area contributed by atoms with Gasteiger partial charge in [-0.05, 0) is 42.2 Å².